The van der Waals surface area contributed by atoms with E-state index in [-0.39, 0.29) is 17.8 Å². The van der Waals surface area contributed by atoms with Crippen molar-refractivity contribution in [2.24, 2.45) is 16.3 Å². The number of carbonyl (C=O) groups excluding carboxylic acids is 1. The summed E-state index contributed by atoms with van der Waals surface area (Å²) in [7, 11) is 0. The van der Waals surface area contributed by atoms with E-state index in [4.69, 9.17) is 15.7 Å². The van der Waals surface area contributed by atoms with Gasteiger partial charge in [-0.25, -0.2) is 0 Å². The molecule has 1 heterocycles. The fourth-order valence-corrected chi connectivity index (χ4v) is 3.00. The highest BCUT2D eigenvalue weighted by molar-refractivity contribution is 6.07. The maximum Gasteiger partial charge on any atom is 0.234 e. The van der Waals surface area contributed by atoms with E-state index in [1.54, 1.807) is 0 Å². The molecule has 1 amide bonds. The summed E-state index contributed by atoms with van der Waals surface area (Å²) in [5.74, 6) is -0.356. The van der Waals surface area contributed by atoms with Crippen molar-refractivity contribution in [1.29, 1.82) is 0 Å². The van der Waals surface area contributed by atoms with Crippen LogP contribution in [-0.4, -0.2) is 47.4 Å². The van der Waals surface area contributed by atoms with Crippen molar-refractivity contribution in [3.05, 3.63) is 0 Å². The first-order chi connectivity index (χ1) is 9.60. The number of amidine groups is 1. The van der Waals surface area contributed by atoms with Gasteiger partial charge in [0.1, 0.15) is 5.41 Å². The van der Waals surface area contributed by atoms with E-state index in [9.17, 15) is 9.90 Å². The molecule has 1 saturated heterocycles. The van der Waals surface area contributed by atoms with E-state index in [0.29, 0.717) is 32.5 Å². The summed E-state index contributed by atoms with van der Waals surface area (Å²) in [5, 5.41) is 24.8. The minimum absolute atomic E-state index is 0.0800. The number of oxime groups is 1. The highest BCUT2D eigenvalue weighted by atomic mass is 16.5. The molecule has 2 fully saturated rings. The Labute approximate surface area is 118 Å². The Morgan fingerprint density at radius 3 is 2.55 bits per heavy atom. The smallest absolute Gasteiger partial charge is 0.234 e. The molecule has 2 rings (SSSR count). The van der Waals surface area contributed by atoms with Crippen LogP contribution >= 0.6 is 0 Å². The van der Waals surface area contributed by atoms with Crippen LogP contribution in [0.15, 0.2) is 5.16 Å². The predicted molar refractivity (Wildman–Crippen MR) is 72.3 cm³/mol. The second-order valence-electron chi connectivity index (χ2n) is 5.61. The molecule has 20 heavy (non-hydrogen) atoms. The lowest BCUT2D eigenvalue weighted by molar-refractivity contribution is -0.133. The molecule has 1 aliphatic heterocycles. The van der Waals surface area contributed by atoms with Gasteiger partial charge in [0.2, 0.25) is 5.91 Å². The quantitative estimate of drug-likeness (QED) is 0.251. The van der Waals surface area contributed by atoms with Crippen LogP contribution in [0.25, 0.3) is 0 Å². The molecule has 0 spiro atoms. The number of carbonyl (C=O) groups is 1. The van der Waals surface area contributed by atoms with Crippen molar-refractivity contribution >= 4 is 11.7 Å². The molecule has 1 aliphatic carbocycles. The van der Waals surface area contributed by atoms with Crippen LogP contribution in [0.2, 0.25) is 0 Å². The molecule has 0 aromatic heterocycles. The fourth-order valence-electron chi connectivity index (χ4n) is 3.00. The number of hydrogen-bond donors (Lipinski definition) is 4. The van der Waals surface area contributed by atoms with E-state index in [1.807, 2.05) is 0 Å². The summed E-state index contributed by atoms with van der Waals surface area (Å²) < 4.78 is 5.26. The van der Waals surface area contributed by atoms with E-state index >= 15 is 0 Å². The van der Waals surface area contributed by atoms with Crippen LogP contribution in [0.1, 0.15) is 38.5 Å². The van der Waals surface area contributed by atoms with Gasteiger partial charge >= 0.3 is 0 Å². The Balaban J connectivity index is 2.10. The molecular formula is C13H23N3O4. The third-order valence-electron chi connectivity index (χ3n) is 4.43. The lowest BCUT2D eigenvalue weighted by atomic mass is 9.77. The van der Waals surface area contributed by atoms with Gasteiger partial charge in [-0.05, 0) is 25.7 Å². The molecular weight excluding hydrogens is 262 g/mol. The Morgan fingerprint density at radius 1 is 1.30 bits per heavy atom. The number of rotatable bonds is 3. The van der Waals surface area contributed by atoms with Crippen molar-refractivity contribution in [3.8, 4) is 0 Å². The number of aliphatic hydroxyl groups is 1. The van der Waals surface area contributed by atoms with E-state index in [0.717, 1.165) is 19.3 Å². The first-order valence-electron chi connectivity index (χ1n) is 7.15. The first-order valence-corrected chi connectivity index (χ1v) is 7.15. The molecule has 5 N–H and O–H groups in total. The normalized spacial score (nSPS) is 30.8. The summed E-state index contributed by atoms with van der Waals surface area (Å²) in [6, 6.07) is -0.248. The Hall–Kier alpha value is -1.34. The van der Waals surface area contributed by atoms with Gasteiger partial charge in [0, 0.05) is 13.2 Å². The molecule has 7 heteroatoms. The number of ether oxygens (including phenoxy) is 1. The van der Waals surface area contributed by atoms with Gasteiger partial charge < -0.3 is 26.1 Å². The van der Waals surface area contributed by atoms with Crippen LogP contribution in [0.4, 0.5) is 0 Å². The van der Waals surface area contributed by atoms with Gasteiger partial charge in [-0.15, -0.1) is 0 Å². The van der Waals surface area contributed by atoms with E-state index < -0.39 is 11.5 Å². The summed E-state index contributed by atoms with van der Waals surface area (Å²) in [6.07, 6.45) is 3.68. The molecule has 2 unspecified atom stereocenters. The summed E-state index contributed by atoms with van der Waals surface area (Å²) in [6.45, 7) is 0.799. The minimum atomic E-state index is -1.02. The number of amides is 1. The Bertz CT molecular complexity index is 380. The summed E-state index contributed by atoms with van der Waals surface area (Å²) >= 11 is 0. The van der Waals surface area contributed by atoms with Gasteiger partial charge in [-0.2, -0.15) is 0 Å². The number of nitrogens with two attached hydrogens (primary N) is 1. The van der Waals surface area contributed by atoms with Gasteiger partial charge in [-0.3, -0.25) is 4.79 Å². The highest BCUT2D eigenvalue weighted by Crippen LogP contribution is 2.32. The second-order valence-corrected chi connectivity index (χ2v) is 5.61. The van der Waals surface area contributed by atoms with Crippen LogP contribution < -0.4 is 11.1 Å². The van der Waals surface area contributed by atoms with Crippen LogP contribution in [0.3, 0.4) is 0 Å². The molecule has 0 bridgehead atoms. The molecule has 7 nitrogen and oxygen atoms in total. The van der Waals surface area contributed by atoms with Gasteiger partial charge in [-0.1, -0.05) is 18.0 Å². The zero-order valence-corrected chi connectivity index (χ0v) is 11.5. The fraction of sp³-hybridized carbons (Fsp3) is 0.846. The largest absolute Gasteiger partial charge is 0.409 e. The molecule has 114 valence electrons. The number of hydrogen-bond acceptors (Lipinski definition) is 5. The van der Waals surface area contributed by atoms with Crippen LogP contribution in [0, 0.1) is 5.41 Å². The average Bonchev–Trinajstić information content (AvgIpc) is 2.49. The van der Waals surface area contributed by atoms with Gasteiger partial charge in [0.15, 0.2) is 5.84 Å². The van der Waals surface area contributed by atoms with Crippen molar-refractivity contribution in [3.63, 3.8) is 0 Å². The van der Waals surface area contributed by atoms with Gasteiger partial charge in [0.05, 0.1) is 12.1 Å². The number of nitrogens with zero attached hydrogens (tertiary/aromatic N) is 1. The van der Waals surface area contributed by atoms with Gasteiger partial charge in [0.25, 0.3) is 0 Å². The highest BCUT2D eigenvalue weighted by Gasteiger charge is 2.45. The maximum atomic E-state index is 12.6. The zero-order chi connectivity index (χ0) is 14.6. The molecule has 2 aliphatic rings. The lowest BCUT2D eigenvalue weighted by Gasteiger charge is -2.37. The van der Waals surface area contributed by atoms with Crippen LogP contribution in [0.5, 0.6) is 0 Å². The topological polar surface area (TPSA) is 117 Å². The molecule has 0 aromatic carbocycles. The van der Waals surface area contributed by atoms with Crippen molar-refractivity contribution < 1.29 is 19.8 Å². The summed E-state index contributed by atoms with van der Waals surface area (Å²) in [5.41, 5.74) is 4.72. The molecule has 1 saturated carbocycles. The summed E-state index contributed by atoms with van der Waals surface area (Å²) in [4.78, 5) is 12.6. The zero-order valence-electron chi connectivity index (χ0n) is 11.5. The average molecular weight is 285 g/mol. The third kappa shape index (κ3) is 2.88. The van der Waals surface area contributed by atoms with Crippen molar-refractivity contribution in [2.75, 3.05) is 13.2 Å². The number of nitrogens with one attached hydrogen (secondary N) is 1. The number of aliphatic hydroxyl groups excluding tert-OH is 1. The third-order valence-corrected chi connectivity index (χ3v) is 4.43. The second kappa shape index (κ2) is 6.41. The monoisotopic (exact) mass is 285 g/mol. The van der Waals surface area contributed by atoms with E-state index in [2.05, 4.69) is 10.5 Å². The van der Waals surface area contributed by atoms with Crippen molar-refractivity contribution in [2.45, 2.75) is 50.7 Å². The molecule has 0 radical (unpaired) electrons. The molecule has 0 aromatic rings. The predicted octanol–water partition coefficient (Wildman–Crippen LogP) is -0.0507. The Kier molecular flexibility index (Phi) is 4.82. The SMILES string of the molecule is NC(=NO)C1(C(=O)NC2CCCCC2O)CCOCC1. The van der Waals surface area contributed by atoms with Crippen LogP contribution in [-0.2, 0) is 9.53 Å². The van der Waals surface area contributed by atoms with E-state index in [1.165, 1.54) is 0 Å². The lowest BCUT2D eigenvalue weighted by Crippen LogP contribution is -2.57. The molecule has 2 atom stereocenters. The standard InChI is InChI=1S/C13H23N3O4/c14-11(16-19)13(5-7-20-8-6-13)12(18)15-9-3-1-2-4-10(9)17/h9-10,17,19H,1-8H2,(H2,14,16)(H,15,18). The maximum absolute atomic E-state index is 12.6. The first kappa shape index (κ1) is 15.1. The Morgan fingerprint density at radius 2 is 1.95 bits per heavy atom. The van der Waals surface area contributed by atoms with Crippen molar-refractivity contribution in [1.82, 2.24) is 5.32 Å². The minimum Gasteiger partial charge on any atom is -0.409 e.